The van der Waals surface area contributed by atoms with Crippen LogP contribution in [0.5, 0.6) is 11.5 Å². The van der Waals surface area contributed by atoms with Crippen LogP contribution < -0.4 is 14.4 Å². The van der Waals surface area contributed by atoms with Gasteiger partial charge in [0.25, 0.3) is 5.91 Å². The van der Waals surface area contributed by atoms with Crippen LogP contribution in [-0.2, 0) is 16.1 Å². The lowest BCUT2D eigenvalue weighted by Crippen LogP contribution is -2.30. The Kier molecular flexibility index (Phi) is 5.82. The molecule has 0 aliphatic carbocycles. The molecule has 2 aliphatic rings. The average Bonchev–Trinajstić information content (AvgIpc) is 3.31. The number of amides is 1. The molecule has 2 aromatic rings. The molecule has 0 radical (unpaired) electrons. The first-order valence-electron chi connectivity index (χ1n) is 10.7. The van der Waals surface area contributed by atoms with Gasteiger partial charge in [0, 0.05) is 32.7 Å². The van der Waals surface area contributed by atoms with Gasteiger partial charge in [0.05, 0.1) is 11.6 Å². The minimum atomic E-state index is -0.657. The van der Waals surface area contributed by atoms with E-state index in [0.717, 1.165) is 16.8 Å². The number of carbonyl (C=O) groups is 2. The molecule has 1 atom stereocenters. The van der Waals surface area contributed by atoms with Crippen LogP contribution in [0, 0.1) is 5.92 Å². The third-order valence-electron chi connectivity index (χ3n) is 5.71. The molecule has 32 heavy (non-hydrogen) atoms. The molecule has 0 fully saturated rings. The fraction of sp³-hybridized carbons (Fsp3) is 0.360. The van der Waals surface area contributed by atoms with Crippen LogP contribution in [0.3, 0.4) is 0 Å². The quantitative estimate of drug-likeness (QED) is 0.707. The molecule has 4 rings (SSSR count). The van der Waals surface area contributed by atoms with Crippen LogP contribution in [0.1, 0.15) is 37.4 Å². The Morgan fingerprint density at radius 2 is 1.81 bits per heavy atom. The van der Waals surface area contributed by atoms with Crippen molar-refractivity contribution >= 4 is 17.4 Å². The van der Waals surface area contributed by atoms with Crippen molar-refractivity contribution in [1.82, 2.24) is 4.90 Å². The first-order chi connectivity index (χ1) is 15.3. The first-order valence-corrected chi connectivity index (χ1v) is 10.7. The van der Waals surface area contributed by atoms with E-state index in [0.29, 0.717) is 11.5 Å². The van der Waals surface area contributed by atoms with Gasteiger partial charge in [-0.05, 0) is 41.3 Å². The second kappa shape index (κ2) is 8.57. The third-order valence-corrected chi connectivity index (χ3v) is 5.71. The maximum Gasteiger partial charge on any atom is 0.290 e. The monoisotopic (exact) mass is 436 g/mol. The van der Waals surface area contributed by atoms with Crippen molar-refractivity contribution in [2.75, 3.05) is 25.8 Å². The Balaban J connectivity index is 1.72. The summed E-state index contributed by atoms with van der Waals surface area (Å²) in [6.07, 6.45) is 0.261. The van der Waals surface area contributed by atoms with Crippen molar-refractivity contribution in [3.8, 4) is 11.5 Å². The van der Waals surface area contributed by atoms with Gasteiger partial charge >= 0.3 is 0 Å². The first kappa shape index (κ1) is 21.7. The highest BCUT2D eigenvalue weighted by Crippen LogP contribution is 2.41. The van der Waals surface area contributed by atoms with Crippen molar-refractivity contribution < 1.29 is 24.2 Å². The molecule has 7 heteroatoms. The van der Waals surface area contributed by atoms with Crippen molar-refractivity contribution in [1.29, 1.82) is 0 Å². The van der Waals surface area contributed by atoms with Gasteiger partial charge in [-0.25, -0.2) is 0 Å². The van der Waals surface area contributed by atoms with Crippen LogP contribution >= 0.6 is 0 Å². The lowest BCUT2D eigenvalue weighted by atomic mass is 9.92. The zero-order chi connectivity index (χ0) is 23.0. The summed E-state index contributed by atoms with van der Waals surface area (Å²) in [6, 6.07) is 12.5. The highest BCUT2D eigenvalue weighted by molar-refractivity contribution is 6.09. The Bertz CT molecular complexity index is 1070. The SMILES string of the molecule is CC(C)CC(=O)C1=C(O)C(=O)N(Cc2ccc3c(c2)OCO3)C1c1ccc(N(C)C)cc1. The Morgan fingerprint density at radius 1 is 1.12 bits per heavy atom. The fourth-order valence-corrected chi connectivity index (χ4v) is 4.12. The van der Waals surface area contributed by atoms with Crippen LogP contribution in [0.25, 0.3) is 0 Å². The molecule has 0 saturated carbocycles. The van der Waals surface area contributed by atoms with E-state index in [1.807, 2.05) is 69.2 Å². The molecule has 1 amide bonds. The zero-order valence-corrected chi connectivity index (χ0v) is 18.8. The van der Waals surface area contributed by atoms with E-state index in [9.17, 15) is 14.7 Å². The molecule has 2 aliphatic heterocycles. The summed E-state index contributed by atoms with van der Waals surface area (Å²) in [5.41, 5.74) is 2.77. The minimum absolute atomic E-state index is 0.109. The smallest absolute Gasteiger partial charge is 0.290 e. The maximum atomic E-state index is 13.1. The number of ether oxygens (including phenoxy) is 2. The number of hydrogen-bond acceptors (Lipinski definition) is 6. The second-order valence-corrected chi connectivity index (χ2v) is 8.79. The van der Waals surface area contributed by atoms with E-state index in [1.165, 1.54) is 0 Å². The van der Waals surface area contributed by atoms with Gasteiger partial charge < -0.3 is 24.4 Å². The number of hydrogen-bond donors (Lipinski definition) is 1. The van der Waals surface area contributed by atoms with Gasteiger partial charge in [0.2, 0.25) is 6.79 Å². The molecule has 1 unspecified atom stereocenters. The molecule has 0 spiro atoms. The van der Waals surface area contributed by atoms with Gasteiger partial charge in [0.1, 0.15) is 0 Å². The van der Waals surface area contributed by atoms with E-state index in [4.69, 9.17) is 9.47 Å². The zero-order valence-electron chi connectivity index (χ0n) is 18.8. The standard InChI is InChI=1S/C25H28N2O5/c1-15(2)11-19(28)22-23(17-6-8-18(9-7-17)26(3)4)27(25(30)24(22)29)13-16-5-10-20-21(12-16)32-14-31-20/h5-10,12,15,23,29H,11,13-14H2,1-4H3. The number of anilines is 1. The minimum Gasteiger partial charge on any atom is -0.503 e. The number of benzene rings is 2. The number of rotatable bonds is 7. The molecule has 7 nitrogen and oxygen atoms in total. The average molecular weight is 437 g/mol. The number of ketones is 1. The van der Waals surface area contributed by atoms with E-state index >= 15 is 0 Å². The Hall–Kier alpha value is -3.48. The van der Waals surface area contributed by atoms with Crippen molar-refractivity contribution in [3.63, 3.8) is 0 Å². The van der Waals surface area contributed by atoms with Gasteiger partial charge in [-0.1, -0.05) is 32.0 Å². The normalized spacial score (nSPS) is 17.5. The number of aliphatic hydroxyl groups is 1. The van der Waals surface area contributed by atoms with Crippen molar-refractivity contribution in [2.24, 2.45) is 5.92 Å². The molecule has 0 aromatic heterocycles. The van der Waals surface area contributed by atoms with Crippen LogP contribution in [0.2, 0.25) is 0 Å². The third kappa shape index (κ3) is 4.02. The van der Waals surface area contributed by atoms with Crippen LogP contribution in [0.4, 0.5) is 5.69 Å². The van der Waals surface area contributed by atoms with Gasteiger partial charge in [0.15, 0.2) is 23.0 Å². The van der Waals surface area contributed by atoms with Crippen LogP contribution in [-0.4, -0.2) is 42.6 Å². The molecule has 0 saturated heterocycles. The maximum absolute atomic E-state index is 13.1. The summed E-state index contributed by atoms with van der Waals surface area (Å²) >= 11 is 0. The fourth-order valence-electron chi connectivity index (χ4n) is 4.12. The number of carbonyl (C=O) groups excluding carboxylic acids is 2. The summed E-state index contributed by atoms with van der Waals surface area (Å²) in [6.45, 7) is 4.27. The predicted octanol–water partition coefficient (Wildman–Crippen LogP) is 3.99. The Labute approximate surface area is 187 Å². The van der Waals surface area contributed by atoms with Crippen LogP contribution in [0.15, 0.2) is 53.8 Å². The molecule has 2 aromatic carbocycles. The summed E-state index contributed by atoms with van der Waals surface area (Å²) in [5, 5.41) is 10.7. The van der Waals surface area contributed by atoms with Crippen molar-refractivity contribution in [2.45, 2.75) is 32.9 Å². The highest BCUT2D eigenvalue weighted by Gasteiger charge is 2.43. The number of nitrogens with zero attached hydrogens (tertiary/aromatic N) is 2. The molecular formula is C25H28N2O5. The van der Waals surface area contributed by atoms with Gasteiger partial charge in [-0.2, -0.15) is 0 Å². The molecule has 2 heterocycles. The van der Waals surface area contributed by atoms with E-state index in [2.05, 4.69) is 0 Å². The van der Waals surface area contributed by atoms with E-state index < -0.39 is 17.7 Å². The van der Waals surface area contributed by atoms with Crippen molar-refractivity contribution in [3.05, 3.63) is 64.9 Å². The molecule has 168 valence electrons. The second-order valence-electron chi connectivity index (χ2n) is 8.79. The Morgan fingerprint density at radius 3 is 2.47 bits per heavy atom. The number of aliphatic hydroxyl groups excluding tert-OH is 1. The summed E-state index contributed by atoms with van der Waals surface area (Å²) in [5.74, 6) is 0.174. The van der Waals surface area contributed by atoms with E-state index in [-0.39, 0.29) is 37.0 Å². The van der Waals surface area contributed by atoms with Gasteiger partial charge in [-0.3, -0.25) is 9.59 Å². The lowest BCUT2D eigenvalue weighted by molar-refractivity contribution is -0.130. The highest BCUT2D eigenvalue weighted by atomic mass is 16.7. The molecular weight excluding hydrogens is 408 g/mol. The summed E-state index contributed by atoms with van der Waals surface area (Å²) < 4.78 is 10.8. The predicted molar refractivity (Wildman–Crippen MR) is 121 cm³/mol. The summed E-state index contributed by atoms with van der Waals surface area (Å²) in [4.78, 5) is 29.7. The molecule has 0 bridgehead atoms. The van der Waals surface area contributed by atoms with E-state index in [1.54, 1.807) is 11.0 Å². The lowest BCUT2D eigenvalue weighted by Gasteiger charge is -2.27. The van der Waals surface area contributed by atoms with Gasteiger partial charge in [-0.15, -0.1) is 0 Å². The largest absolute Gasteiger partial charge is 0.503 e. The number of fused-ring (bicyclic) bond motifs is 1. The summed E-state index contributed by atoms with van der Waals surface area (Å²) in [7, 11) is 3.90. The number of Topliss-reactive ketones (excluding diaryl/α,β-unsaturated/α-hetero) is 1. The topological polar surface area (TPSA) is 79.3 Å². The molecule has 1 N–H and O–H groups in total.